The van der Waals surface area contributed by atoms with Gasteiger partial charge in [0.1, 0.15) is 6.10 Å². The number of pyridine rings is 1. The van der Waals surface area contributed by atoms with Gasteiger partial charge in [0.05, 0.1) is 6.10 Å². The highest BCUT2D eigenvalue weighted by Gasteiger charge is 2.42. The number of likely N-dealkylation sites (N-methyl/N-ethyl adjacent to an activating group) is 1. The molecule has 2 saturated heterocycles. The fraction of sp³-hybridized carbons (Fsp3) is 0.625. The standard InChI is InChI=1S/C16H23N3O2/c1-18(2)16(20)14-9-13-5-8-19(11-15(13)21-14)10-12-3-6-17-7-4-12/h3-4,6-7,13-15H,5,8-11H2,1-2H3/t13-,14+,15-/m1/s1. The summed E-state index contributed by atoms with van der Waals surface area (Å²) < 4.78 is 6.01. The van der Waals surface area contributed by atoms with Crippen molar-refractivity contribution in [3.8, 4) is 0 Å². The highest BCUT2D eigenvalue weighted by Crippen LogP contribution is 2.34. The van der Waals surface area contributed by atoms with Crippen LogP contribution in [0.3, 0.4) is 0 Å². The van der Waals surface area contributed by atoms with Crippen LogP contribution < -0.4 is 0 Å². The quantitative estimate of drug-likeness (QED) is 0.837. The zero-order valence-corrected chi connectivity index (χ0v) is 12.7. The molecule has 21 heavy (non-hydrogen) atoms. The van der Waals surface area contributed by atoms with E-state index in [1.54, 1.807) is 19.0 Å². The van der Waals surface area contributed by atoms with Crippen LogP contribution in [0.1, 0.15) is 18.4 Å². The van der Waals surface area contributed by atoms with Crippen LogP contribution in [0, 0.1) is 5.92 Å². The van der Waals surface area contributed by atoms with E-state index in [4.69, 9.17) is 4.74 Å². The second kappa shape index (κ2) is 6.12. The molecule has 3 atom stereocenters. The number of carbonyl (C=O) groups excluding carboxylic acids is 1. The van der Waals surface area contributed by atoms with Crippen molar-refractivity contribution in [3.63, 3.8) is 0 Å². The molecule has 0 spiro atoms. The fourth-order valence-electron chi connectivity index (χ4n) is 3.33. The average molecular weight is 289 g/mol. The van der Waals surface area contributed by atoms with Crippen molar-refractivity contribution in [1.29, 1.82) is 0 Å². The molecule has 0 bridgehead atoms. The highest BCUT2D eigenvalue weighted by molar-refractivity contribution is 5.80. The largest absolute Gasteiger partial charge is 0.364 e. The van der Waals surface area contributed by atoms with E-state index in [2.05, 4.69) is 22.0 Å². The second-order valence-corrected chi connectivity index (χ2v) is 6.27. The third-order valence-electron chi connectivity index (χ3n) is 4.51. The van der Waals surface area contributed by atoms with Gasteiger partial charge in [-0.15, -0.1) is 0 Å². The summed E-state index contributed by atoms with van der Waals surface area (Å²) in [5.74, 6) is 0.637. The Morgan fingerprint density at radius 2 is 2.19 bits per heavy atom. The lowest BCUT2D eigenvalue weighted by atomic mass is 9.91. The number of aromatic nitrogens is 1. The van der Waals surface area contributed by atoms with E-state index in [1.165, 1.54) is 5.56 Å². The number of ether oxygens (including phenoxy) is 1. The maximum absolute atomic E-state index is 12.0. The van der Waals surface area contributed by atoms with E-state index in [1.807, 2.05) is 12.4 Å². The Morgan fingerprint density at radius 3 is 2.90 bits per heavy atom. The first-order valence-corrected chi connectivity index (χ1v) is 7.61. The summed E-state index contributed by atoms with van der Waals surface area (Å²) in [7, 11) is 3.59. The van der Waals surface area contributed by atoms with Crippen LogP contribution in [0.25, 0.3) is 0 Å². The Balaban J connectivity index is 1.57. The Bertz CT molecular complexity index is 492. The highest BCUT2D eigenvalue weighted by atomic mass is 16.5. The van der Waals surface area contributed by atoms with E-state index in [9.17, 15) is 4.79 Å². The van der Waals surface area contributed by atoms with Crippen LogP contribution in [0.4, 0.5) is 0 Å². The SMILES string of the molecule is CN(C)C(=O)[C@@H]1C[C@H]2CCN(Cc3ccncc3)C[C@H]2O1. The van der Waals surface area contributed by atoms with Crippen LogP contribution in [-0.2, 0) is 16.1 Å². The monoisotopic (exact) mass is 289 g/mol. The first-order valence-electron chi connectivity index (χ1n) is 7.61. The minimum Gasteiger partial charge on any atom is -0.364 e. The third-order valence-corrected chi connectivity index (χ3v) is 4.51. The number of hydrogen-bond acceptors (Lipinski definition) is 4. The molecule has 0 N–H and O–H groups in total. The predicted molar refractivity (Wildman–Crippen MR) is 79.6 cm³/mol. The van der Waals surface area contributed by atoms with E-state index < -0.39 is 0 Å². The van der Waals surface area contributed by atoms with Crippen molar-refractivity contribution < 1.29 is 9.53 Å². The molecule has 5 nitrogen and oxygen atoms in total. The van der Waals surface area contributed by atoms with Gasteiger partial charge in [0.2, 0.25) is 0 Å². The summed E-state index contributed by atoms with van der Waals surface area (Å²) in [4.78, 5) is 20.1. The van der Waals surface area contributed by atoms with Gasteiger partial charge in [-0.05, 0) is 43.0 Å². The van der Waals surface area contributed by atoms with E-state index >= 15 is 0 Å². The molecule has 0 radical (unpaired) electrons. The average Bonchev–Trinajstić information content (AvgIpc) is 2.90. The van der Waals surface area contributed by atoms with Crippen molar-refractivity contribution in [2.45, 2.75) is 31.6 Å². The van der Waals surface area contributed by atoms with Crippen LogP contribution in [0.15, 0.2) is 24.5 Å². The molecule has 5 heteroatoms. The van der Waals surface area contributed by atoms with Crippen molar-refractivity contribution >= 4 is 5.91 Å². The van der Waals surface area contributed by atoms with Crippen molar-refractivity contribution in [2.75, 3.05) is 27.2 Å². The van der Waals surface area contributed by atoms with Gasteiger partial charge in [-0.2, -0.15) is 0 Å². The molecule has 114 valence electrons. The van der Waals surface area contributed by atoms with Gasteiger partial charge in [0.15, 0.2) is 0 Å². The minimum atomic E-state index is -0.240. The van der Waals surface area contributed by atoms with Crippen molar-refractivity contribution in [2.24, 2.45) is 5.92 Å². The zero-order valence-electron chi connectivity index (χ0n) is 12.7. The number of likely N-dealkylation sites (tertiary alicyclic amines) is 1. The second-order valence-electron chi connectivity index (χ2n) is 6.27. The summed E-state index contributed by atoms with van der Waals surface area (Å²) in [6.45, 7) is 2.93. The minimum absolute atomic E-state index is 0.102. The summed E-state index contributed by atoms with van der Waals surface area (Å²) in [6.07, 6.45) is 5.63. The maximum atomic E-state index is 12.0. The van der Waals surface area contributed by atoms with E-state index in [-0.39, 0.29) is 18.1 Å². The lowest BCUT2D eigenvalue weighted by Gasteiger charge is -2.34. The van der Waals surface area contributed by atoms with Gasteiger partial charge in [0, 0.05) is 39.6 Å². The molecule has 2 aliphatic rings. The van der Waals surface area contributed by atoms with Crippen molar-refractivity contribution in [1.82, 2.24) is 14.8 Å². The molecule has 0 saturated carbocycles. The topological polar surface area (TPSA) is 45.7 Å². The summed E-state index contributed by atoms with van der Waals surface area (Å²) in [5.41, 5.74) is 1.28. The van der Waals surface area contributed by atoms with Gasteiger partial charge in [-0.25, -0.2) is 0 Å². The predicted octanol–water partition coefficient (Wildman–Crippen LogP) is 1.15. The summed E-state index contributed by atoms with van der Waals surface area (Å²) in [6, 6.07) is 4.11. The van der Waals surface area contributed by atoms with Gasteiger partial charge in [-0.3, -0.25) is 14.7 Å². The molecule has 0 unspecified atom stereocenters. The number of rotatable bonds is 3. The summed E-state index contributed by atoms with van der Waals surface area (Å²) in [5, 5.41) is 0. The molecular weight excluding hydrogens is 266 g/mol. The zero-order chi connectivity index (χ0) is 14.8. The lowest BCUT2D eigenvalue weighted by Crippen LogP contribution is -2.42. The first-order chi connectivity index (χ1) is 10.1. The van der Waals surface area contributed by atoms with Crippen LogP contribution in [-0.4, -0.2) is 60.1 Å². The Kier molecular flexibility index (Phi) is 4.22. The van der Waals surface area contributed by atoms with Gasteiger partial charge in [0.25, 0.3) is 5.91 Å². The van der Waals surface area contributed by atoms with Crippen LogP contribution in [0.2, 0.25) is 0 Å². The molecule has 0 aromatic carbocycles. The van der Waals surface area contributed by atoms with Crippen molar-refractivity contribution in [3.05, 3.63) is 30.1 Å². The van der Waals surface area contributed by atoms with Gasteiger partial charge >= 0.3 is 0 Å². The fourth-order valence-corrected chi connectivity index (χ4v) is 3.33. The number of carbonyl (C=O) groups is 1. The number of piperidine rings is 1. The first kappa shape index (κ1) is 14.5. The van der Waals surface area contributed by atoms with Gasteiger partial charge < -0.3 is 9.64 Å². The van der Waals surface area contributed by atoms with E-state index in [0.717, 1.165) is 32.5 Å². The normalized spacial score (nSPS) is 29.1. The number of hydrogen-bond donors (Lipinski definition) is 0. The van der Waals surface area contributed by atoms with Crippen LogP contribution in [0.5, 0.6) is 0 Å². The Labute approximate surface area is 125 Å². The molecular formula is C16H23N3O2. The Hall–Kier alpha value is -1.46. The number of nitrogens with zero attached hydrogens (tertiary/aromatic N) is 3. The lowest BCUT2D eigenvalue weighted by molar-refractivity contribution is -0.141. The number of fused-ring (bicyclic) bond motifs is 1. The Morgan fingerprint density at radius 1 is 1.43 bits per heavy atom. The molecule has 1 amide bonds. The summed E-state index contributed by atoms with van der Waals surface area (Å²) >= 11 is 0. The molecule has 1 aromatic heterocycles. The molecule has 0 aliphatic carbocycles. The molecule has 3 rings (SSSR count). The maximum Gasteiger partial charge on any atom is 0.251 e. The molecule has 1 aromatic rings. The van der Waals surface area contributed by atoms with Crippen LogP contribution >= 0.6 is 0 Å². The third kappa shape index (κ3) is 3.24. The van der Waals surface area contributed by atoms with E-state index in [0.29, 0.717) is 5.92 Å². The molecule has 2 aliphatic heterocycles. The molecule has 2 fully saturated rings. The van der Waals surface area contributed by atoms with Gasteiger partial charge in [-0.1, -0.05) is 0 Å². The number of amides is 1. The molecule has 3 heterocycles. The smallest absolute Gasteiger partial charge is 0.251 e.